The van der Waals surface area contributed by atoms with Gasteiger partial charge in [-0.05, 0) is 23.8 Å². The highest BCUT2D eigenvalue weighted by Gasteiger charge is 2.66. The number of halogens is 10. The second kappa shape index (κ2) is 8.31. The fraction of sp³-hybridized carbons (Fsp3) is 0.222. The topological polar surface area (TPSA) is 52.6 Å². The molecule has 2 aromatic carbocycles. The van der Waals surface area contributed by atoms with Crippen molar-refractivity contribution in [2.75, 3.05) is 0 Å². The smallest absolute Gasteiger partial charge is 0.422 e. The van der Waals surface area contributed by atoms with Crippen LogP contribution < -0.4 is 9.47 Å². The molecule has 0 spiro atoms. The summed E-state index contributed by atoms with van der Waals surface area (Å²) in [5.74, 6) is -19.8. The van der Waals surface area contributed by atoms with Crippen LogP contribution in [0.25, 0.3) is 11.1 Å². The third kappa shape index (κ3) is 4.94. The number of esters is 2. The molecule has 0 saturated heterocycles. The number of benzene rings is 2. The van der Waals surface area contributed by atoms with E-state index in [4.69, 9.17) is 0 Å². The van der Waals surface area contributed by atoms with Gasteiger partial charge in [-0.2, -0.15) is 43.9 Å². The molecule has 0 heterocycles. The number of hydrogen-bond acceptors (Lipinski definition) is 4. The molecular formula is C18H8F10O4. The van der Waals surface area contributed by atoms with Crippen molar-refractivity contribution >= 4 is 11.9 Å². The summed E-state index contributed by atoms with van der Waals surface area (Å²) in [7, 11) is 0. The maximum absolute atomic E-state index is 13.2. The molecule has 174 valence electrons. The maximum Gasteiger partial charge on any atom is 0.465 e. The van der Waals surface area contributed by atoms with Gasteiger partial charge in [-0.15, -0.1) is 0 Å². The van der Waals surface area contributed by atoms with Gasteiger partial charge in [0.05, 0.1) is 0 Å². The van der Waals surface area contributed by atoms with E-state index in [1.165, 1.54) is 30.3 Å². The highest BCUT2D eigenvalue weighted by Crippen LogP contribution is 2.40. The Morgan fingerprint density at radius 3 is 1.56 bits per heavy atom. The summed E-state index contributed by atoms with van der Waals surface area (Å²) in [6, 6.07) is 7.93. The Balaban J connectivity index is 2.46. The average molecular weight is 478 g/mol. The number of carbonyl (C=O) groups excluding carboxylic acids is 2. The minimum absolute atomic E-state index is 0.0638. The first-order valence-electron chi connectivity index (χ1n) is 8.01. The molecule has 0 aliphatic rings. The molecule has 0 radical (unpaired) electrons. The molecule has 0 atom stereocenters. The van der Waals surface area contributed by atoms with Gasteiger partial charge >= 0.3 is 36.1 Å². The van der Waals surface area contributed by atoms with Crippen molar-refractivity contribution in [1.29, 1.82) is 0 Å². The van der Waals surface area contributed by atoms with Crippen LogP contribution in [0.3, 0.4) is 0 Å². The Labute approximate surface area is 171 Å². The van der Waals surface area contributed by atoms with Gasteiger partial charge in [-0.25, -0.2) is 9.59 Å². The zero-order chi connectivity index (χ0) is 24.5. The van der Waals surface area contributed by atoms with Gasteiger partial charge in [0.15, 0.2) is 0 Å². The Hall–Kier alpha value is -3.32. The van der Waals surface area contributed by atoms with Crippen molar-refractivity contribution < 1.29 is 63.0 Å². The average Bonchev–Trinajstić information content (AvgIpc) is 2.67. The molecule has 2 aromatic rings. The normalized spacial score (nSPS) is 12.9. The van der Waals surface area contributed by atoms with Crippen LogP contribution in [-0.4, -0.2) is 36.1 Å². The van der Waals surface area contributed by atoms with Gasteiger partial charge in [0.25, 0.3) is 0 Å². The Kier molecular flexibility index (Phi) is 6.48. The van der Waals surface area contributed by atoms with Crippen LogP contribution in [0, 0.1) is 0 Å². The van der Waals surface area contributed by atoms with Crippen molar-refractivity contribution in [2.45, 2.75) is 24.2 Å². The van der Waals surface area contributed by atoms with Crippen LogP contribution >= 0.6 is 0 Å². The molecule has 0 amide bonds. The molecule has 0 saturated carbocycles. The second-order valence-corrected chi connectivity index (χ2v) is 5.95. The summed E-state index contributed by atoms with van der Waals surface area (Å²) in [6.45, 7) is 0. The highest BCUT2D eigenvalue weighted by atomic mass is 19.4. The van der Waals surface area contributed by atoms with Gasteiger partial charge in [0.1, 0.15) is 11.5 Å². The van der Waals surface area contributed by atoms with Gasteiger partial charge in [-0.3, -0.25) is 0 Å². The minimum Gasteiger partial charge on any atom is -0.422 e. The molecule has 14 heteroatoms. The molecule has 32 heavy (non-hydrogen) atoms. The van der Waals surface area contributed by atoms with Crippen LogP contribution in [0.4, 0.5) is 43.9 Å². The first-order valence-corrected chi connectivity index (χ1v) is 8.01. The third-order valence-corrected chi connectivity index (χ3v) is 3.67. The summed E-state index contributed by atoms with van der Waals surface area (Å²) in [6.07, 6.45) is -12.6. The zero-order valence-electron chi connectivity index (χ0n) is 15.0. The van der Waals surface area contributed by atoms with Crippen LogP contribution in [0.1, 0.15) is 0 Å². The Morgan fingerprint density at radius 1 is 0.625 bits per heavy atom. The molecule has 0 aliphatic heterocycles. The van der Waals surface area contributed by atoms with Crippen molar-refractivity contribution in [1.82, 2.24) is 0 Å². The lowest BCUT2D eigenvalue weighted by molar-refractivity contribution is -0.277. The van der Waals surface area contributed by atoms with Gasteiger partial charge in [-0.1, -0.05) is 30.3 Å². The SMILES string of the molecule is O=C(Oc1ccc(OC(=O)C(F)(F)C(F)(F)F)c(-c2ccccc2)c1)C(F)(F)C(F)(F)F. The van der Waals surface area contributed by atoms with Crippen LogP contribution in [0.15, 0.2) is 48.5 Å². The first-order chi connectivity index (χ1) is 14.5. The fourth-order valence-corrected chi connectivity index (χ4v) is 2.07. The van der Waals surface area contributed by atoms with Gasteiger partial charge in [0.2, 0.25) is 0 Å². The van der Waals surface area contributed by atoms with Crippen LogP contribution in [0.2, 0.25) is 0 Å². The number of ether oxygens (including phenoxy) is 2. The lowest BCUT2D eigenvalue weighted by Gasteiger charge is -2.20. The summed E-state index contributed by atoms with van der Waals surface area (Å²) >= 11 is 0. The van der Waals surface area contributed by atoms with E-state index in [1.54, 1.807) is 0 Å². The monoisotopic (exact) mass is 478 g/mol. The predicted molar refractivity (Wildman–Crippen MR) is 85.2 cm³/mol. The zero-order valence-corrected chi connectivity index (χ0v) is 15.0. The van der Waals surface area contributed by atoms with E-state index < -0.39 is 53.2 Å². The minimum atomic E-state index is -6.30. The molecule has 4 nitrogen and oxygen atoms in total. The Morgan fingerprint density at radius 2 is 1.09 bits per heavy atom. The molecular weight excluding hydrogens is 470 g/mol. The number of hydrogen-bond donors (Lipinski definition) is 0. The summed E-state index contributed by atoms with van der Waals surface area (Å²) in [4.78, 5) is 22.6. The highest BCUT2D eigenvalue weighted by molar-refractivity contribution is 5.85. The van der Waals surface area contributed by atoms with Crippen LogP contribution in [0.5, 0.6) is 11.5 Å². The summed E-state index contributed by atoms with van der Waals surface area (Å²) < 4.78 is 134. The molecule has 0 N–H and O–H groups in total. The fourth-order valence-electron chi connectivity index (χ4n) is 2.07. The molecule has 0 aliphatic carbocycles. The Bertz CT molecular complexity index is 997. The number of carbonyl (C=O) groups is 2. The quantitative estimate of drug-likeness (QED) is 0.321. The third-order valence-electron chi connectivity index (χ3n) is 3.67. The lowest BCUT2D eigenvalue weighted by Crippen LogP contribution is -2.46. The van der Waals surface area contributed by atoms with E-state index in [-0.39, 0.29) is 5.56 Å². The molecule has 0 bridgehead atoms. The first kappa shape index (κ1) is 24.9. The lowest BCUT2D eigenvalue weighted by atomic mass is 10.0. The van der Waals surface area contributed by atoms with E-state index in [9.17, 15) is 53.5 Å². The van der Waals surface area contributed by atoms with Crippen molar-refractivity contribution in [3.63, 3.8) is 0 Å². The summed E-state index contributed by atoms with van der Waals surface area (Å²) in [5, 5.41) is 0. The van der Waals surface area contributed by atoms with Gasteiger partial charge < -0.3 is 9.47 Å². The van der Waals surface area contributed by atoms with E-state index in [0.29, 0.717) is 18.2 Å². The number of rotatable bonds is 5. The van der Waals surface area contributed by atoms with E-state index >= 15 is 0 Å². The van der Waals surface area contributed by atoms with Crippen molar-refractivity contribution in [3.8, 4) is 22.6 Å². The molecule has 0 fully saturated rings. The number of alkyl halides is 10. The predicted octanol–water partition coefficient (Wildman–Crippen LogP) is 5.56. The maximum atomic E-state index is 13.2. The van der Waals surface area contributed by atoms with E-state index in [2.05, 4.69) is 9.47 Å². The van der Waals surface area contributed by atoms with E-state index in [0.717, 1.165) is 0 Å². The second-order valence-electron chi connectivity index (χ2n) is 5.95. The standard InChI is InChI=1S/C18H8F10O4/c19-15(20,17(23,24)25)13(29)31-10-6-7-12(11(8-10)9-4-2-1-3-5-9)32-14(30)16(21,22)18(26,27)28/h1-8H. The molecule has 2 rings (SSSR count). The summed E-state index contributed by atoms with van der Waals surface area (Å²) in [5.41, 5.74) is -0.594. The van der Waals surface area contributed by atoms with Crippen molar-refractivity contribution in [3.05, 3.63) is 48.5 Å². The molecule has 0 unspecified atom stereocenters. The van der Waals surface area contributed by atoms with Gasteiger partial charge in [0, 0.05) is 5.56 Å². The van der Waals surface area contributed by atoms with Crippen molar-refractivity contribution in [2.24, 2.45) is 0 Å². The molecule has 0 aromatic heterocycles. The largest absolute Gasteiger partial charge is 0.465 e. The van der Waals surface area contributed by atoms with E-state index in [1.807, 2.05) is 0 Å². The van der Waals surface area contributed by atoms with Crippen LogP contribution in [-0.2, 0) is 9.59 Å².